The summed E-state index contributed by atoms with van der Waals surface area (Å²) in [5.74, 6) is 1.10. The lowest BCUT2D eigenvalue weighted by Crippen LogP contribution is -1.98. The molecule has 0 saturated carbocycles. The van der Waals surface area contributed by atoms with Crippen molar-refractivity contribution in [2.75, 3.05) is 0 Å². The van der Waals surface area contributed by atoms with Gasteiger partial charge < -0.3 is 0 Å². The largest absolute Gasteiger partial charge is 0.219 e. The van der Waals surface area contributed by atoms with Crippen molar-refractivity contribution in [1.82, 2.24) is 25.0 Å². The van der Waals surface area contributed by atoms with Crippen molar-refractivity contribution >= 4 is 11.6 Å². The highest BCUT2D eigenvalue weighted by Crippen LogP contribution is 2.12. The predicted octanol–water partition coefficient (Wildman–Crippen LogP) is 1.83. The van der Waals surface area contributed by atoms with Gasteiger partial charge in [0.05, 0.1) is 11.9 Å². The molecule has 2 heterocycles. The summed E-state index contributed by atoms with van der Waals surface area (Å²) in [5, 5.41) is 12.0. The molecular formula is C9H10ClN5. The van der Waals surface area contributed by atoms with Crippen molar-refractivity contribution in [3.05, 3.63) is 29.6 Å². The van der Waals surface area contributed by atoms with E-state index in [1.807, 2.05) is 13.8 Å². The molecule has 0 radical (unpaired) electrons. The topological polar surface area (TPSA) is 56.5 Å². The third-order valence-corrected chi connectivity index (χ3v) is 2.09. The van der Waals surface area contributed by atoms with Crippen LogP contribution in [-0.4, -0.2) is 25.0 Å². The molecule has 0 aromatic carbocycles. The molecule has 2 rings (SSSR count). The summed E-state index contributed by atoms with van der Waals surface area (Å²) in [4.78, 5) is 4.18. The summed E-state index contributed by atoms with van der Waals surface area (Å²) in [6, 6.07) is 1.69. The van der Waals surface area contributed by atoms with Crippen LogP contribution in [-0.2, 0) is 0 Å². The molecule has 6 heteroatoms. The second kappa shape index (κ2) is 3.94. The van der Waals surface area contributed by atoms with E-state index in [0.717, 1.165) is 11.5 Å². The van der Waals surface area contributed by atoms with Crippen LogP contribution in [0.5, 0.6) is 0 Å². The molecule has 0 aliphatic heterocycles. The maximum absolute atomic E-state index is 5.73. The Bertz CT molecular complexity index is 465. The van der Waals surface area contributed by atoms with Crippen LogP contribution in [0.3, 0.4) is 0 Å². The van der Waals surface area contributed by atoms with E-state index in [9.17, 15) is 0 Å². The zero-order valence-electron chi connectivity index (χ0n) is 8.42. The van der Waals surface area contributed by atoms with Crippen LogP contribution < -0.4 is 0 Å². The molecule has 0 aliphatic carbocycles. The normalized spacial score (nSPS) is 10.9. The van der Waals surface area contributed by atoms with E-state index in [0.29, 0.717) is 11.1 Å². The number of rotatable bonds is 2. The molecule has 0 bridgehead atoms. The maximum atomic E-state index is 5.73. The van der Waals surface area contributed by atoms with Crippen LogP contribution in [0.4, 0.5) is 0 Å². The van der Waals surface area contributed by atoms with Crippen LogP contribution in [0.1, 0.15) is 25.6 Å². The van der Waals surface area contributed by atoms with Gasteiger partial charge in [-0.15, -0.1) is 5.10 Å². The second-order valence-corrected chi connectivity index (χ2v) is 3.83. The lowest BCUT2D eigenvalue weighted by atomic mass is 10.2. The molecule has 0 saturated heterocycles. The molecule has 0 atom stereocenters. The van der Waals surface area contributed by atoms with Gasteiger partial charge in [0.1, 0.15) is 6.33 Å². The maximum Gasteiger partial charge on any atom is 0.153 e. The number of aromatic nitrogens is 5. The first kappa shape index (κ1) is 10.0. The minimum atomic E-state index is 0.302. The fourth-order valence-electron chi connectivity index (χ4n) is 1.12. The first-order chi connectivity index (χ1) is 7.16. The highest BCUT2D eigenvalue weighted by Gasteiger charge is 2.06. The van der Waals surface area contributed by atoms with Crippen molar-refractivity contribution in [1.29, 1.82) is 0 Å². The molecule has 15 heavy (non-hydrogen) atoms. The van der Waals surface area contributed by atoms with Gasteiger partial charge >= 0.3 is 0 Å². The van der Waals surface area contributed by atoms with E-state index in [2.05, 4.69) is 20.3 Å². The summed E-state index contributed by atoms with van der Waals surface area (Å²) < 4.78 is 1.63. The van der Waals surface area contributed by atoms with Gasteiger partial charge in [-0.1, -0.05) is 25.4 Å². The molecule has 0 spiro atoms. The van der Waals surface area contributed by atoms with Crippen molar-refractivity contribution in [3.8, 4) is 5.69 Å². The summed E-state index contributed by atoms with van der Waals surface area (Å²) in [5.41, 5.74) is 0.759. The van der Waals surface area contributed by atoms with Crippen molar-refractivity contribution in [3.63, 3.8) is 0 Å². The average molecular weight is 224 g/mol. The Morgan fingerprint density at radius 2 is 2.20 bits per heavy atom. The van der Waals surface area contributed by atoms with Crippen LogP contribution in [0.2, 0.25) is 5.15 Å². The predicted molar refractivity (Wildman–Crippen MR) is 56.0 cm³/mol. The zero-order chi connectivity index (χ0) is 10.8. The lowest BCUT2D eigenvalue weighted by Gasteiger charge is -1.99. The van der Waals surface area contributed by atoms with Crippen molar-refractivity contribution in [2.24, 2.45) is 0 Å². The van der Waals surface area contributed by atoms with Gasteiger partial charge in [-0.05, 0) is 0 Å². The molecule has 0 fully saturated rings. The van der Waals surface area contributed by atoms with Gasteiger partial charge in [0.15, 0.2) is 11.0 Å². The van der Waals surface area contributed by atoms with Gasteiger partial charge in [-0.25, -0.2) is 9.67 Å². The SMILES string of the molecule is CC(C)c1ncn(-c2cnnc(Cl)c2)n1. The Labute approximate surface area is 92.1 Å². The van der Waals surface area contributed by atoms with E-state index in [4.69, 9.17) is 11.6 Å². The molecule has 0 aliphatic rings. The molecule has 2 aromatic rings. The monoisotopic (exact) mass is 223 g/mol. The van der Waals surface area contributed by atoms with Gasteiger partial charge in [0.2, 0.25) is 0 Å². The van der Waals surface area contributed by atoms with E-state index >= 15 is 0 Å². The summed E-state index contributed by atoms with van der Waals surface area (Å²) >= 11 is 5.73. The van der Waals surface area contributed by atoms with Gasteiger partial charge in [0, 0.05) is 12.0 Å². The van der Waals surface area contributed by atoms with E-state index in [-0.39, 0.29) is 0 Å². The number of nitrogens with zero attached hydrogens (tertiary/aromatic N) is 5. The minimum Gasteiger partial charge on any atom is -0.219 e. The molecule has 2 aromatic heterocycles. The molecule has 5 nitrogen and oxygen atoms in total. The Morgan fingerprint density at radius 3 is 2.80 bits per heavy atom. The van der Waals surface area contributed by atoms with Gasteiger partial charge in [0.25, 0.3) is 0 Å². The minimum absolute atomic E-state index is 0.302. The number of halogens is 1. The van der Waals surface area contributed by atoms with E-state index < -0.39 is 0 Å². The molecule has 0 amide bonds. The molecule has 0 N–H and O–H groups in total. The number of hydrogen-bond acceptors (Lipinski definition) is 4. The highest BCUT2D eigenvalue weighted by atomic mass is 35.5. The van der Waals surface area contributed by atoms with Gasteiger partial charge in [-0.3, -0.25) is 0 Å². The van der Waals surface area contributed by atoms with E-state index in [1.54, 1.807) is 23.3 Å². The standard InChI is InChI=1S/C9H10ClN5/c1-6(2)9-11-5-15(14-9)7-3-8(10)13-12-4-7/h3-6H,1-2H3. The Balaban J connectivity index is 2.37. The highest BCUT2D eigenvalue weighted by molar-refractivity contribution is 6.29. The van der Waals surface area contributed by atoms with Crippen molar-refractivity contribution < 1.29 is 0 Å². The molecule has 78 valence electrons. The summed E-state index contributed by atoms with van der Waals surface area (Å²) in [6.45, 7) is 4.08. The third-order valence-electron chi connectivity index (χ3n) is 1.90. The van der Waals surface area contributed by atoms with Crippen LogP contribution in [0.25, 0.3) is 5.69 Å². The first-order valence-electron chi connectivity index (χ1n) is 4.57. The quantitative estimate of drug-likeness (QED) is 0.780. The first-order valence-corrected chi connectivity index (χ1v) is 4.95. The smallest absolute Gasteiger partial charge is 0.153 e. The third kappa shape index (κ3) is 2.12. The lowest BCUT2D eigenvalue weighted by molar-refractivity contribution is 0.751. The zero-order valence-corrected chi connectivity index (χ0v) is 9.18. The van der Waals surface area contributed by atoms with Crippen LogP contribution in [0, 0.1) is 0 Å². The molecule has 0 unspecified atom stereocenters. The van der Waals surface area contributed by atoms with E-state index in [1.165, 1.54) is 0 Å². The average Bonchev–Trinajstić information content (AvgIpc) is 2.66. The Morgan fingerprint density at radius 1 is 1.40 bits per heavy atom. The Hall–Kier alpha value is -1.49. The summed E-state index contributed by atoms with van der Waals surface area (Å²) in [6.07, 6.45) is 3.23. The fraction of sp³-hybridized carbons (Fsp3) is 0.333. The second-order valence-electron chi connectivity index (χ2n) is 3.44. The van der Waals surface area contributed by atoms with Crippen LogP contribution in [0.15, 0.2) is 18.6 Å². The number of hydrogen-bond donors (Lipinski definition) is 0. The van der Waals surface area contributed by atoms with Crippen molar-refractivity contribution in [2.45, 2.75) is 19.8 Å². The molecular weight excluding hydrogens is 214 g/mol. The Kier molecular flexibility index (Phi) is 2.64. The van der Waals surface area contributed by atoms with Crippen LogP contribution >= 0.6 is 11.6 Å². The summed E-state index contributed by atoms with van der Waals surface area (Å²) in [7, 11) is 0. The fourth-order valence-corrected chi connectivity index (χ4v) is 1.28. The van der Waals surface area contributed by atoms with Gasteiger partial charge in [-0.2, -0.15) is 10.2 Å².